The van der Waals surface area contributed by atoms with Gasteiger partial charge in [-0.3, -0.25) is 9.59 Å². The van der Waals surface area contributed by atoms with Gasteiger partial charge in [-0.05, 0) is 43.7 Å². The number of aliphatic carboxylic acids is 1. The standard InChI is InChI=1S/C19H24FN3O4/c1-3-27-12-4-10-22(13-14(2)19(25)26)18(24)17-9-11-23(21-17)16-7-5-15(20)6-8-16/h5-9,11,14H,3-4,10,12-13H2,1-2H3,(H,25,26). The molecule has 1 atom stereocenters. The second-order valence-corrected chi connectivity index (χ2v) is 6.16. The van der Waals surface area contributed by atoms with Gasteiger partial charge in [-0.1, -0.05) is 6.92 Å². The highest BCUT2D eigenvalue weighted by Gasteiger charge is 2.23. The molecule has 0 spiro atoms. The van der Waals surface area contributed by atoms with E-state index in [2.05, 4.69) is 5.10 Å². The summed E-state index contributed by atoms with van der Waals surface area (Å²) in [5.74, 6) is -2.36. The van der Waals surface area contributed by atoms with Crippen LogP contribution in [0.2, 0.25) is 0 Å². The first-order chi connectivity index (χ1) is 12.9. The lowest BCUT2D eigenvalue weighted by atomic mass is 10.1. The van der Waals surface area contributed by atoms with Gasteiger partial charge in [-0.2, -0.15) is 5.10 Å². The number of hydrogen-bond acceptors (Lipinski definition) is 4. The van der Waals surface area contributed by atoms with Crippen molar-refractivity contribution >= 4 is 11.9 Å². The fourth-order valence-corrected chi connectivity index (χ4v) is 2.52. The van der Waals surface area contributed by atoms with Gasteiger partial charge in [0.25, 0.3) is 5.91 Å². The molecule has 1 unspecified atom stereocenters. The summed E-state index contributed by atoms with van der Waals surface area (Å²) in [6.07, 6.45) is 2.21. The SMILES string of the molecule is CCOCCCN(CC(C)C(=O)O)C(=O)c1ccn(-c2ccc(F)cc2)n1. The number of amides is 1. The van der Waals surface area contributed by atoms with E-state index in [0.29, 0.717) is 31.9 Å². The van der Waals surface area contributed by atoms with E-state index in [1.54, 1.807) is 31.3 Å². The Bertz CT molecular complexity index is 761. The van der Waals surface area contributed by atoms with Crippen molar-refractivity contribution in [3.8, 4) is 5.69 Å². The first-order valence-electron chi connectivity index (χ1n) is 8.83. The van der Waals surface area contributed by atoms with Crippen LogP contribution in [-0.2, 0) is 9.53 Å². The van der Waals surface area contributed by atoms with Crippen molar-refractivity contribution in [2.45, 2.75) is 20.3 Å². The number of carboxylic acid groups (broad SMARTS) is 1. The molecule has 1 amide bonds. The van der Waals surface area contributed by atoms with Crippen molar-refractivity contribution in [2.24, 2.45) is 5.92 Å². The number of aromatic nitrogens is 2. The molecular weight excluding hydrogens is 353 g/mol. The van der Waals surface area contributed by atoms with Crippen LogP contribution in [0.4, 0.5) is 4.39 Å². The minimum absolute atomic E-state index is 0.0870. The van der Waals surface area contributed by atoms with Crippen molar-refractivity contribution in [1.29, 1.82) is 0 Å². The highest BCUT2D eigenvalue weighted by atomic mass is 19.1. The third kappa shape index (κ3) is 5.89. The van der Waals surface area contributed by atoms with E-state index in [0.717, 1.165) is 0 Å². The smallest absolute Gasteiger partial charge is 0.308 e. The Kier molecular flexibility index (Phi) is 7.48. The molecule has 0 radical (unpaired) electrons. The first-order valence-corrected chi connectivity index (χ1v) is 8.83. The maximum atomic E-state index is 13.1. The van der Waals surface area contributed by atoms with Crippen LogP contribution in [0.5, 0.6) is 0 Å². The Hall–Kier alpha value is -2.74. The fourth-order valence-electron chi connectivity index (χ4n) is 2.52. The van der Waals surface area contributed by atoms with Crippen LogP contribution in [0.1, 0.15) is 30.8 Å². The van der Waals surface area contributed by atoms with Gasteiger partial charge < -0.3 is 14.7 Å². The van der Waals surface area contributed by atoms with Gasteiger partial charge in [-0.25, -0.2) is 9.07 Å². The Morgan fingerprint density at radius 1 is 1.30 bits per heavy atom. The highest BCUT2D eigenvalue weighted by molar-refractivity contribution is 5.92. The fraction of sp³-hybridized carbons (Fsp3) is 0.421. The van der Waals surface area contributed by atoms with Gasteiger partial charge in [0.2, 0.25) is 0 Å². The highest BCUT2D eigenvalue weighted by Crippen LogP contribution is 2.12. The summed E-state index contributed by atoms with van der Waals surface area (Å²) in [7, 11) is 0. The second kappa shape index (κ2) is 9.82. The Labute approximate surface area is 157 Å². The van der Waals surface area contributed by atoms with Crippen molar-refractivity contribution in [3.05, 3.63) is 48.0 Å². The predicted octanol–water partition coefficient (Wildman–Crippen LogP) is 2.60. The molecule has 27 heavy (non-hydrogen) atoms. The largest absolute Gasteiger partial charge is 0.481 e. The van der Waals surface area contributed by atoms with Crippen LogP contribution in [0.25, 0.3) is 5.69 Å². The Morgan fingerprint density at radius 2 is 2.00 bits per heavy atom. The molecule has 0 saturated heterocycles. The van der Waals surface area contributed by atoms with Crippen molar-refractivity contribution < 1.29 is 23.8 Å². The van der Waals surface area contributed by atoms with Crippen LogP contribution >= 0.6 is 0 Å². The zero-order valence-electron chi connectivity index (χ0n) is 15.5. The van der Waals surface area contributed by atoms with Crippen molar-refractivity contribution in [3.63, 3.8) is 0 Å². The van der Waals surface area contributed by atoms with Crippen LogP contribution in [-0.4, -0.2) is 58.0 Å². The summed E-state index contributed by atoms with van der Waals surface area (Å²) < 4.78 is 19.8. The van der Waals surface area contributed by atoms with Gasteiger partial charge in [-0.15, -0.1) is 0 Å². The molecule has 2 rings (SSSR count). The molecule has 0 aliphatic carbocycles. The first kappa shape index (κ1) is 20.6. The third-order valence-corrected chi connectivity index (χ3v) is 4.02. The number of rotatable bonds is 10. The lowest BCUT2D eigenvalue weighted by Crippen LogP contribution is -2.38. The average molecular weight is 377 g/mol. The summed E-state index contributed by atoms with van der Waals surface area (Å²) in [6.45, 7) is 4.98. The summed E-state index contributed by atoms with van der Waals surface area (Å²) in [5, 5.41) is 13.4. The topological polar surface area (TPSA) is 84.7 Å². The summed E-state index contributed by atoms with van der Waals surface area (Å²) in [6, 6.07) is 7.30. The molecule has 146 valence electrons. The number of halogens is 1. The third-order valence-electron chi connectivity index (χ3n) is 4.02. The lowest BCUT2D eigenvalue weighted by Gasteiger charge is -2.23. The zero-order chi connectivity index (χ0) is 19.8. The molecule has 1 N–H and O–H groups in total. The minimum atomic E-state index is -0.963. The van der Waals surface area contributed by atoms with Gasteiger partial charge in [0.15, 0.2) is 5.69 Å². The zero-order valence-corrected chi connectivity index (χ0v) is 15.5. The molecule has 2 aromatic rings. The predicted molar refractivity (Wildman–Crippen MR) is 97.3 cm³/mol. The number of carbonyl (C=O) groups is 2. The van der Waals surface area contributed by atoms with Crippen LogP contribution in [0.15, 0.2) is 36.5 Å². The van der Waals surface area contributed by atoms with Crippen molar-refractivity contribution in [2.75, 3.05) is 26.3 Å². The molecule has 0 aliphatic rings. The maximum absolute atomic E-state index is 13.1. The van der Waals surface area contributed by atoms with E-state index in [4.69, 9.17) is 9.84 Å². The molecular formula is C19H24FN3O4. The van der Waals surface area contributed by atoms with Gasteiger partial charge in [0.05, 0.1) is 11.6 Å². The number of benzene rings is 1. The van der Waals surface area contributed by atoms with Gasteiger partial charge in [0.1, 0.15) is 5.82 Å². The lowest BCUT2D eigenvalue weighted by molar-refractivity contribution is -0.141. The average Bonchev–Trinajstić information content (AvgIpc) is 3.14. The Balaban J connectivity index is 2.13. The number of ether oxygens (including phenoxy) is 1. The molecule has 0 bridgehead atoms. The summed E-state index contributed by atoms with van der Waals surface area (Å²) >= 11 is 0. The molecule has 0 fully saturated rings. The van der Waals surface area contributed by atoms with Crippen molar-refractivity contribution in [1.82, 2.24) is 14.7 Å². The Morgan fingerprint density at radius 3 is 2.63 bits per heavy atom. The van der Waals surface area contributed by atoms with E-state index < -0.39 is 11.9 Å². The number of carboxylic acids is 1. The maximum Gasteiger partial charge on any atom is 0.308 e. The minimum Gasteiger partial charge on any atom is -0.481 e. The number of carbonyl (C=O) groups excluding carboxylic acids is 1. The quantitative estimate of drug-likeness (QED) is 0.644. The molecule has 8 heteroatoms. The molecule has 1 aromatic carbocycles. The normalized spacial score (nSPS) is 12.0. The molecule has 0 aliphatic heterocycles. The molecule has 1 aromatic heterocycles. The van der Waals surface area contributed by atoms with Crippen LogP contribution < -0.4 is 0 Å². The number of hydrogen-bond donors (Lipinski definition) is 1. The van der Waals surface area contributed by atoms with Crippen LogP contribution in [0, 0.1) is 11.7 Å². The van der Waals surface area contributed by atoms with Gasteiger partial charge >= 0.3 is 5.97 Å². The van der Waals surface area contributed by atoms with Crippen LogP contribution in [0.3, 0.4) is 0 Å². The van der Waals surface area contributed by atoms with E-state index in [-0.39, 0.29) is 24.0 Å². The summed E-state index contributed by atoms with van der Waals surface area (Å²) in [4.78, 5) is 25.5. The second-order valence-electron chi connectivity index (χ2n) is 6.16. The molecule has 0 saturated carbocycles. The summed E-state index contributed by atoms with van der Waals surface area (Å²) in [5.41, 5.74) is 0.825. The molecule has 1 heterocycles. The van der Waals surface area contributed by atoms with E-state index in [9.17, 15) is 14.0 Å². The monoisotopic (exact) mass is 377 g/mol. The number of nitrogens with zero attached hydrogens (tertiary/aromatic N) is 3. The van der Waals surface area contributed by atoms with E-state index in [1.165, 1.54) is 21.7 Å². The van der Waals surface area contributed by atoms with Gasteiger partial charge in [0, 0.05) is 32.5 Å². The molecule has 7 nitrogen and oxygen atoms in total. The van der Waals surface area contributed by atoms with E-state index in [1.807, 2.05) is 6.92 Å². The van der Waals surface area contributed by atoms with E-state index >= 15 is 0 Å².